The molecule has 1 atom stereocenters. The number of fused-ring (bicyclic) bond motifs is 1. The molecule has 0 amide bonds. The van der Waals surface area contributed by atoms with Gasteiger partial charge in [0, 0.05) is 12.0 Å². The Kier molecular flexibility index (Phi) is 2.51. The van der Waals surface area contributed by atoms with Gasteiger partial charge in [0.05, 0.1) is 7.11 Å². The van der Waals surface area contributed by atoms with Crippen molar-refractivity contribution >= 4 is 5.78 Å². The molecule has 1 aliphatic carbocycles. The van der Waals surface area contributed by atoms with E-state index in [0.717, 1.165) is 28.9 Å². The maximum atomic E-state index is 11.7. The van der Waals surface area contributed by atoms with E-state index >= 15 is 0 Å². The van der Waals surface area contributed by atoms with E-state index in [0.29, 0.717) is 12.3 Å². The normalized spacial score (nSPS) is 19.9. The highest BCUT2D eigenvalue weighted by Crippen LogP contribution is 2.35. The predicted molar refractivity (Wildman–Crippen MR) is 59.7 cm³/mol. The molecule has 0 N–H and O–H groups in total. The number of Topliss-reactive ketones (excluding diaryl/α,β-unsaturated/α-hetero) is 1. The smallest absolute Gasteiger partial charge is 0.163 e. The quantitative estimate of drug-likeness (QED) is 0.702. The largest absolute Gasteiger partial charge is 0.496 e. The van der Waals surface area contributed by atoms with Crippen molar-refractivity contribution in [2.75, 3.05) is 7.11 Å². The second-order valence-corrected chi connectivity index (χ2v) is 4.27. The summed E-state index contributed by atoms with van der Waals surface area (Å²) in [6, 6.07) is 3.98. The van der Waals surface area contributed by atoms with Gasteiger partial charge in [-0.2, -0.15) is 0 Å². The average Bonchev–Trinajstić information content (AvgIpc) is 2.23. The van der Waals surface area contributed by atoms with Gasteiger partial charge in [0.15, 0.2) is 5.78 Å². The molecule has 2 rings (SSSR count). The molecule has 0 fully saturated rings. The third kappa shape index (κ3) is 1.65. The molecule has 0 saturated heterocycles. The van der Waals surface area contributed by atoms with E-state index in [2.05, 4.69) is 6.92 Å². The average molecular weight is 204 g/mol. The maximum Gasteiger partial charge on any atom is 0.163 e. The molecule has 0 aliphatic heterocycles. The fraction of sp³-hybridized carbons (Fsp3) is 0.462. The van der Waals surface area contributed by atoms with Crippen molar-refractivity contribution in [2.24, 2.45) is 0 Å². The minimum absolute atomic E-state index is 0.272. The van der Waals surface area contributed by atoms with Crippen LogP contribution in [0, 0.1) is 6.92 Å². The molecule has 0 radical (unpaired) electrons. The first-order valence-electron chi connectivity index (χ1n) is 5.35. The Morgan fingerprint density at radius 3 is 2.80 bits per heavy atom. The molecular weight excluding hydrogens is 188 g/mol. The van der Waals surface area contributed by atoms with Crippen molar-refractivity contribution in [1.82, 2.24) is 0 Å². The first kappa shape index (κ1) is 10.2. The number of ketones is 1. The first-order valence-corrected chi connectivity index (χ1v) is 5.35. The summed E-state index contributed by atoms with van der Waals surface area (Å²) in [6.45, 7) is 4.14. The van der Waals surface area contributed by atoms with Crippen LogP contribution in [-0.4, -0.2) is 12.9 Å². The van der Waals surface area contributed by atoms with Crippen LogP contribution in [-0.2, 0) is 0 Å². The SMILES string of the molecule is COc1cc2c(cc1C)C(=O)CCC2C. The van der Waals surface area contributed by atoms with Crippen LogP contribution in [0.2, 0.25) is 0 Å². The van der Waals surface area contributed by atoms with Crippen molar-refractivity contribution in [2.45, 2.75) is 32.6 Å². The minimum Gasteiger partial charge on any atom is -0.496 e. The number of carbonyl (C=O) groups excluding carboxylic acids is 1. The number of methoxy groups -OCH3 is 1. The molecule has 0 heterocycles. The Morgan fingerprint density at radius 1 is 1.40 bits per heavy atom. The van der Waals surface area contributed by atoms with Crippen LogP contribution in [0.1, 0.15) is 47.2 Å². The monoisotopic (exact) mass is 204 g/mol. The number of benzene rings is 1. The Labute approximate surface area is 90.3 Å². The summed E-state index contributed by atoms with van der Waals surface area (Å²) in [5, 5.41) is 0. The predicted octanol–water partition coefficient (Wildman–Crippen LogP) is 3.08. The van der Waals surface area contributed by atoms with Crippen LogP contribution in [0.5, 0.6) is 5.75 Å². The molecular formula is C13H16O2. The second-order valence-electron chi connectivity index (χ2n) is 4.27. The van der Waals surface area contributed by atoms with Crippen molar-refractivity contribution in [3.63, 3.8) is 0 Å². The fourth-order valence-corrected chi connectivity index (χ4v) is 2.21. The summed E-state index contributed by atoms with van der Waals surface area (Å²) in [7, 11) is 1.67. The summed E-state index contributed by atoms with van der Waals surface area (Å²) >= 11 is 0. The van der Waals surface area contributed by atoms with Crippen molar-refractivity contribution in [1.29, 1.82) is 0 Å². The molecule has 1 unspecified atom stereocenters. The van der Waals surface area contributed by atoms with E-state index in [-0.39, 0.29) is 5.78 Å². The molecule has 1 aromatic carbocycles. The van der Waals surface area contributed by atoms with Crippen LogP contribution in [0.25, 0.3) is 0 Å². The number of aryl methyl sites for hydroxylation is 1. The van der Waals surface area contributed by atoms with Gasteiger partial charge in [-0.15, -0.1) is 0 Å². The molecule has 15 heavy (non-hydrogen) atoms. The zero-order valence-electron chi connectivity index (χ0n) is 9.46. The van der Waals surface area contributed by atoms with E-state index in [1.807, 2.05) is 19.1 Å². The maximum absolute atomic E-state index is 11.7. The number of carbonyl (C=O) groups is 1. The van der Waals surface area contributed by atoms with Gasteiger partial charge in [-0.05, 0) is 42.5 Å². The van der Waals surface area contributed by atoms with Crippen LogP contribution in [0.4, 0.5) is 0 Å². The molecule has 1 aromatic rings. The summed E-state index contributed by atoms with van der Waals surface area (Å²) in [6.07, 6.45) is 1.64. The van der Waals surface area contributed by atoms with Gasteiger partial charge in [-0.3, -0.25) is 4.79 Å². The number of hydrogen-bond acceptors (Lipinski definition) is 2. The minimum atomic E-state index is 0.272. The summed E-state index contributed by atoms with van der Waals surface area (Å²) in [5.74, 6) is 1.62. The fourth-order valence-electron chi connectivity index (χ4n) is 2.21. The molecule has 0 bridgehead atoms. The van der Waals surface area contributed by atoms with Crippen molar-refractivity contribution in [3.05, 3.63) is 28.8 Å². The lowest BCUT2D eigenvalue weighted by Gasteiger charge is -2.22. The molecule has 1 aliphatic rings. The number of rotatable bonds is 1. The van der Waals surface area contributed by atoms with E-state index in [1.54, 1.807) is 7.11 Å². The van der Waals surface area contributed by atoms with Gasteiger partial charge in [-0.1, -0.05) is 6.92 Å². The Hall–Kier alpha value is -1.31. The highest BCUT2D eigenvalue weighted by atomic mass is 16.5. The standard InChI is InChI=1S/C13H16O2/c1-8-4-5-12(14)11-6-9(2)13(15-3)7-10(8)11/h6-8H,4-5H2,1-3H3. The van der Waals surface area contributed by atoms with Gasteiger partial charge < -0.3 is 4.74 Å². The molecule has 2 nitrogen and oxygen atoms in total. The van der Waals surface area contributed by atoms with Gasteiger partial charge in [0.25, 0.3) is 0 Å². The highest BCUT2D eigenvalue weighted by Gasteiger charge is 2.23. The van der Waals surface area contributed by atoms with Gasteiger partial charge in [-0.25, -0.2) is 0 Å². The van der Waals surface area contributed by atoms with Crippen LogP contribution in [0.3, 0.4) is 0 Å². The third-order valence-corrected chi connectivity index (χ3v) is 3.20. The lowest BCUT2D eigenvalue weighted by Crippen LogP contribution is -2.14. The third-order valence-electron chi connectivity index (χ3n) is 3.20. The molecule has 80 valence electrons. The van der Waals surface area contributed by atoms with Crippen LogP contribution in [0.15, 0.2) is 12.1 Å². The van der Waals surface area contributed by atoms with Gasteiger partial charge in [0.2, 0.25) is 0 Å². The topological polar surface area (TPSA) is 26.3 Å². The Morgan fingerprint density at radius 2 is 2.13 bits per heavy atom. The van der Waals surface area contributed by atoms with Crippen LogP contribution >= 0.6 is 0 Å². The number of ether oxygens (including phenoxy) is 1. The molecule has 0 saturated carbocycles. The van der Waals surface area contributed by atoms with Crippen LogP contribution < -0.4 is 4.74 Å². The zero-order chi connectivity index (χ0) is 11.0. The highest BCUT2D eigenvalue weighted by molar-refractivity contribution is 5.99. The van der Waals surface area contributed by atoms with E-state index in [9.17, 15) is 4.79 Å². The lowest BCUT2D eigenvalue weighted by molar-refractivity contribution is 0.0968. The van der Waals surface area contributed by atoms with E-state index < -0.39 is 0 Å². The summed E-state index contributed by atoms with van der Waals surface area (Å²) in [5.41, 5.74) is 3.08. The van der Waals surface area contributed by atoms with Gasteiger partial charge >= 0.3 is 0 Å². The zero-order valence-corrected chi connectivity index (χ0v) is 9.46. The number of hydrogen-bond donors (Lipinski definition) is 0. The van der Waals surface area contributed by atoms with E-state index in [4.69, 9.17) is 4.74 Å². The van der Waals surface area contributed by atoms with E-state index in [1.165, 1.54) is 0 Å². The second kappa shape index (κ2) is 3.69. The Bertz CT molecular complexity index is 407. The summed E-state index contributed by atoms with van der Waals surface area (Å²) in [4.78, 5) is 11.7. The first-order chi connectivity index (χ1) is 7.13. The lowest BCUT2D eigenvalue weighted by atomic mass is 9.82. The molecule has 0 spiro atoms. The molecule has 0 aromatic heterocycles. The summed E-state index contributed by atoms with van der Waals surface area (Å²) < 4.78 is 5.28. The van der Waals surface area contributed by atoms with Crippen molar-refractivity contribution < 1.29 is 9.53 Å². The van der Waals surface area contributed by atoms with Crippen molar-refractivity contribution in [3.8, 4) is 5.75 Å². The molecule has 2 heteroatoms. The van der Waals surface area contributed by atoms with Gasteiger partial charge in [0.1, 0.15) is 5.75 Å². The Balaban J connectivity index is 2.58.